The van der Waals surface area contributed by atoms with E-state index in [1.165, 1.54) is 0 Å². The maximum atomic E-state index is 12.5. The van der Waals surface area contributed by atoms with Gasteiger partial charge in [-0.15, -0.1) is 0 Å². The highest BCUT2D eigenvalue weighted by molar-refractivity contribution is 6.76. The number of rotatable bonds is 17. The molecule has 85 heavy (non-hydrogen) atoms. The topological polar surface area (TPSA) is 242 Å². The zero-order chi connectivity index (χ0) is 61.4. The van der Waals surface area contributed by atoms with Crippen LogP contribution in [0.2, 0.25) is 51.4 Å². The maximum absolute atomic E-state index is 12.5. The van der Waals surface area contributed by atoms with Crippen LogP contribution in [0.15, 0.2) is 62.0 Å². The number of aromatic nitrogens is 10. The fourth-order valence-electron chi connectivity index (χ4n) is 10.8. The summed E-state index contributed by atoms with van der Waals surface area (Å²) >= 11 is 0. The molecule has 22 nitrogen and oxygen atoms in total. The third-order valence-corrected chi connectivity index (χ3v) is 19.4. The monoisotopic (exact) mass is 1200 g/mol. The molecule has 0 spiro atoms. The number of piperidine rings is 2. The summed E-state index contributed by atoms with van der Waals surface area (Å²) in [7, 11) is -2.24. The van der Waals surface area contributed by atoms with E-state index >= 15 is 0 Å². The molecular formula is C61H89N15O7Si2. The fraction of sp³-hybridized carbons (Fsp3) is 0.623. The molecule has 6 aromatic rings. The molecule has 9 heterocycles. The number of ketones is 1. The Morgan fingerprint density at radius 3 is 1.49 bits per heavy atom. The Kier molecular flexibility index (Phi) is 20.3. The Morgan fingerprint density at radius 1 is 0.647 bits per heavy atom. The Hall–Kier alpha value is -6.84. The van der Waals surface area contributed by atoms with Crippen molar-refractivity contribution < 1.29 is 33.3 Å². The number of ether oxygens (including phenoxy) is 4. The van der Waals surface area contributed by atoms with E-state index in [4.69, 9.17) is 24.0 Å². The lowest BCUT2D eigenvalue weighted by atomic mass is 9.75. The van der Waals surface area contributed by atoms with Gasteiger partial charge in [0.2, 0.25) is 0 Å². The van der Waals surface area contributed by atoms with Crippen molar-refractivity contribution in [2.75, 3.05) is 52.5 Å². The molecule has 0 bridgehead atoms. The first-order valence-corrected chi connectivity index (χ1v) is 37.4. The number of Topliss-reactive ketones (excluding diaryl/α,β-unsaturated/α-hetero) is 1. The average molecular weight is 1200 g/mol. The first-order chi connectivity index (χ1) is 40.2. The van der Waals surface area contributed by atoms with Crippen molar-refractivity contribution in [2.24, 2.45) is 0 Å². The van der Waals surface area contributed by atoms with Crippen LogP contribution in [0.4, 0.5) is 9.59 Å². The summed E-state index contributed by atoms with van der Waals surface area (Å²) in [6, 6.07) is 11.4. The Bertz CT molecular complexity index is 3320. The number of amides is 2. The molecule has 4 fully saturated rings. The van der Waals surface area contributed by atoms with E-state index in [-0.39, 0.29) is 29.0 Å². The van der Waals surface area contributed by atoms with Crippen LogP contribution in [0.1, 0.15) is 99.3 Å². The molecule has 0 unspecified atom stereocenters. The molecule has 0 atom stereocenters. The standard InChI is InChI=1S/C30H44N8O3Si.C21H28N6OSi.C10H17NO3/c1-29(2,3)41-28(39)35-12-7-24(8-13-35)37-19-30(20-37,10-11-31)38-18-23(17-34-38)26-25-9-14-36(27(25)33-21-32-26)22-40-15-16-42(4,5)6;1-29(2,3)12-11-28-16-26-10-5-18-19(23-15-24-20(18)26)17-13-25-27(14-17)21(8-9-22)6-4-7-21;1-10(2,3)14-9(13)11-6-4-8(12)5-7-11/h9,14,17-18,21,24H,7-8,10,12-13,15-16,19-20,22H2,1-6H3;5,10,13-15H,4,6-8,11-12,16H2,1-3H3;4-7H2,1-3H3. The highest BCUT2D eigenvalue weighted by atomic mass is 28.3. The lowest BCUT2D eigenvalue weighted by molar-refractivity contribution is -0.121. The third-order valence-electron chi connectivity index (χ3n) is 16.0. The quantitative estimate of drug-likeness (QED) is 0.0609. The van der Waals surface area contributed by atoms with Gasteiger partial charge in [0.05, 0.1) is 54.3 Å². The minimum atomic E-state index is -1.14. The Balaban J connectivity index is 0.000000188. The first kappa shape index (κ1) is 64.2. The van der Waals surface area contributed by atoms with Crippen molar-refractivity contribution in [1.29, 1.82) is 10.5 Å². The van der Waals surface area contributed by atoms with Crippen molar-refractivity contribution in [3.8, 4) is 34.7 Å². The molecule has 1 saturated carbocycles. The molecule has 1 aliphatic carbocycles. The second-order valence-electron chi connectivity index (χ2n) is 27.6. The normalized spacial score (nSPS) is 17.4. The van der Waals surface area contributed by atoms with Crippen molar-refractivity contribution in [3.05, 3.63) is 62.0 Å². The highest BCUT2D eigenvalue weighted by Gasteiger charge is 2.48. The molecule has 10 rings (SSSR count). The number of hydrogen-bond acceptors (Lipinski definition) is 16. The van der Waals surface area contributed by atoms with E-state index in [0.29, 0.717) is 71.4 Å². The second kappa shape index (κ2) is 26.8. The average Bonchev–Trinajstić information content (AvgIpc) is 1.87. The zero-order valence-electron chi connectivity index (χ0n) is 52.3. The van der Waals surface area contributed by atoms with E-state index in [1.54, 1.807) is 22.5 Å². The minimum absolute atomic E-state index is 0.144. The largest absolute Gasteiger partial charge is 0.444 e. The number of fused-ring (bicyclic) bond motifs is 2. The van der Waals surface area contributed by atoms with E-state index in [9.17, 15) is 24.9 Å². The first-order valence-electron chi connectivity index (χ1n) is 30.0. The Morgan fingerprint density at radius 2 is 1.08 bits per heavy atom. The number of nitriles is 2. The summed E-state index contributed by atoms with van der Waals surface area (Å²) in [6.45, 7) is 31.6. The third kappa shape index (κ3) is 16.8. The molecule has 0 aromatic carbocycles. The van der Waals surface area contributed by atoms with Gasteiger partial charge in [-0.05, 0) is 97.9 Å². The molecule has 3 aliphatic heterocycles. The number of carbonyl (C=O) groups excluding carboxylic acids is 3. The van der Waals surface area contributed by atoms with Crippen LogP contribution in [-0.4, -0.2) is 167 Å². The molecule has 2 amide bonds. The van der Waals surface area contributed by atoms with Crippen molar-refractivity contribution in [2.45, 2.75) is 192 Å². The van der Waals surface area contributed by atoms with Gasteiger partial charge >= 0.3 is 12.2 Å². The minimum Gasteiger partial charge on any atom is -0.444 e. The van der Waals surface area contributed by atoms with Gasteiger partial charge in [0, 0.05) is 134 Å². The summed E-state index contributed by atoms with van der Waals surface area (Å²) in [5, 5.41) is 30.2. The highest BCUT2D eigenvalue weighted by Crippen LogP contribution is 2.43. The number of hydrogen-bond donors (Lipinski definition) is 0. The number of carbonyl (C=O) groups is 3. The van der Waals surface area contributed by atoms with Crippen LogP contribution in [0, 0.1) is 22.7 Å². The van der Waals surface area contributed by atoms with Crippen LogP contribution in [0.25, 0.3) is 44.6 Å². The van der Waals surface area contributed by atoms with Crippen LogP contribution in [0.5, 0.6) is 0 Å². The van der Waals surface area contributed by atoms with Gasteiger partial charge in [-0.1, -0.05) is 39.3 Å². The molecule has 4 aliphatic rings. The summed E-state index contributed by atoms with van der Waals surface area (Å²) in [5.74, 6) is 0.227. The summed E-state index contributed by atoms with van der Waals surface area (Å²) in [5.41, 5.74) is 3.78. The number of nitrogens with zero attached hydrogens (tertiary/aromatic N) is 15. The smallest absolute Gasteiger partial charge is 0.410 e. The van der Waals surface area contributed by atoms with Gasteiger partial charge in [-0.25, -0.2) is 29.5 Å². The fourth-order valence-corrected chi connectivity index (χ4v) is 12.4. The van der Waals surface area contributed by atoms with Gasteiger partial charge < -0.3 is 37.9 Å². The van der Waals surface area contributed by atoms with Crippen molar-refractivity contribution in [3.63, 3.8) is 0 Å². The van der Waals surface area contributed by atoms with Crippen molar-refractivity contribution in [1.82, 2.24) is 63.3 Å². The van der Waals surface area contributed by atoms with Crippen LogP contribution in [0.3, 0.4) is 0 Å². The summed E-state index contributed by atoms with van der Waals surface area (Å²) in [4.78, 5) is 58.9. The molecule has 3 saturated heterocycles. The lowest BCUT2D eigenvalue weighted by Crippen LogP contribution is -2.66. The maximum Gasteiger partial charge on any atom is 0.410 e. The van der Waals surface area contributed by atoms with Gasteiger partial charge in [-0.2, -0.15) is 20.7 Å². The van der Waals surface area contributed by atoms with Gasteiger partial charge in [-0.3, -0.25) is 19.1 Å². The van der Waals surface area contributed by atoms with E-state index in [0.717, 1.165) is 115 Å². The van der Waals surface area contributed by atoms with Crippen LogP contribution in [-0.2, 0) is 48.3 Å². The molecule has 0 radical (unpaired) electrons. The Labute approximate surface area is 502 Å². The summed E-state index contributed by atoms with van der Waals surface area (Å²) < 4.78 is 30.6. The number of likely N-dealkylation sites (tertiary alicyclic amines) is 3. The van der Waals surface area contributed by atoms with Crippen molar-refractivity contribution >= 4 is 56.2 Å². The predicted molar refractivity (Wildman–Crippen MR) is 330 cm³/mol. The van der Waals surface area contributed by atoms with Gasteiger partial charge in [0.15, 0.2) is 0 Å². The molecule has 24 heteroatoms. The van der Waals surface area contributed by atoms with E-state index < -0.39 is 27.3 Å². The lowest BCUT2D eigenvalue weighted by Gasteiger charge is -2.53. The molecular weight excluding hydrogens is 1110 g/mol. The molecule has 458 valence electrons. The molecule has 0 N–H and O–H groups in total. The summed E-state index contributed by atoms with van der Waals surface area (Å²) in [6.07, 6.45) is 21.1. The van der Waals surface area contributed by atoms with Crippen LogP contribution >= 0.6 is 0 Å². The SMILES string of the molecule is CC(C)(C)OC(=O)N1CCC(=O)CC1.CC(C)(C)OC(=O)N1CCC(N2CC(CC#N)(n3cc(-c4ncnc5c4ccn5COCC[Si](C)(C)C)cn3)C2)CC1.C[Si](C)(C)CCOCn1ccc2c(-c3cnn(C4(CC#N)CCC4)c3)ncnc21. The van der Waals surface area contributed by atoms with Gasteiger partial charge in [0.25, 0.3) is 0 Å². The second-order valence-corrected chi connectivity index (χ2v) is 38.9. The predicted octanol–water partition coefficient (Wildman–Crippen LogP) is 10.9. The van der Waals surface area contributed by atoms with Gasteiger partial charge in [0.1, 0.15) is 59.9 Å². The van der Waals surface area contributed by atoms with E-state index in [1.807, 2.05) is 109 Å². The molecule has 6 aromatic heterocycles. The van der Waals surface area contributed by atoms with Crippen LogP contribution < -0.4 is 0 Å². The zero-order valence-corrected chi connectivity index (χ0v) is 54.3. The van der Waals surface area contributed by atoms with E-state index in [2.05, 4.69) is 81.4 Å².